The molecule has 0 bridgehead atoms. The molecule has 0 spiro atoms. The molecule has 0 saturated carbocycles. The van der Waals surface area contributed by atoms with Crippen LogP contribution in [0.15, 0.2) is 35.3 Å². The van der Waals surface area contributed by atoms with Gasteiger partial charge in [0, 0.05) is 30.9 Å². The van der Waals surface area contributed by atoms with Gasteiger partial charge in [-0.25, -0.2) is 4.98 Å². The maximum atomic E-state index is 12.7. The molecule has 6 nitrogen and oxygen atoms in total. The Balaban J connectivity index is 1.88. The Bertz CT molecular complexity index is 782. The molecule has 6 heteroatoms. The first-order valence-corrected chi connectivity index (χ1v) is 8.27. The Labute approximate surface area is 140 Å². The number of aryl methyl sites for hydroxylation is 1. The van der Waals surface area contributed by atoms with Gasteiger partial charge in [0.25, 0.3) is 11.5 Å². The fourth-order valence-corrected chi connectivity index (χ4v) is 3.07. The molecule has 1 aliphatic heterocycles. The standard InChI is InChI=1S/C18H22N4O2/c1-12-5-7-13(8-6-12)16-20-11-15(17(23)21-16)18(24)22-9-3-2-4-14(22)10-19/h5-8,11,14H,2-4,9-10,19H2,1H3,(H,20,21,23)/t14-/m1/s1. The second-order valence-corrected chi connectivity index (χ2v) is 6.22. The van der Waals surface area contributed by atoms with Crippen LogP contribution in [0.1, 0.15) is 35.2 Å². The van der Waals surface area contributed by atoms with Crippen LogP contribution in [0.4, 0.5) is 0 Å². The molecule has 2 heterocycles. The number of carbonyl (C=O) groups is 1. The van der Waals surface area contributed by atoms with Gasteiger partial charge < -0.3 is 15.6 Å². The van der Waals surface area contributed by atoms with Gasteiger partial charge in [0.15, 0.2) is 0 Å². The van der Waals surface area contributed by atoms with Crippen LogP contribution in [0.3, 0.4) is 0 Å². The largest absolute Gasteiger partial charge is 0.334 e. The van der Waals surface area contributed by atoms with Crippen LogP contribution >= 0.6 is 0 Å². The van der Waals surface area contributed by atoms with Crippen LogP contribution in [-0.2, 0) is 0 Å². The third-order valence-corrected chi connectivity index (χ3v) is 4.51. The van der Waals surface area contributed by atoms with E-state index in [1.54, 1.807) is 4.90 Å². The van der Waals surface area contributed by atoms with Crippen molar-refractivity contribution >= 4 is 5.91 Å². The highest BCUT2D eigenvalue weighted by atomic mass is 16.2. The summed E-state index contributed by atoms with van der Waals surface area (Å²) >= 11 is 0. The molecule has 3 rings (SSSR count). The van der Waals surface area contributed by atoms with Crippen molar-refractivity contribution in [2.24, 2.45) is 5.73 Å². The summed E-state index contributed by atoms with van der Waals surface area (Å²) in [6.07, 6.45) is 4.26. The SMILES string of the molecule is Cc1ccc(-c2ncc(C(=O)N3CCCC[C@@H]3CN)c(=O)[nH]2)cc1. The van der Waals surface area contributed by atoms with E-state index in [2.05, 4.69) is 9.97 Å². The lowest BCUT2D eigenvalue weighted by Crippen LogP contribution is -2.48. The van der Waals surface area contributed by atoms with E-state index in [0.717, 1.165) is 30.4 Å². The average molecular weight is 326 g/mol. The van der Waals surface area contributed by atoms with Gasteiger partial charge in [-0.1, -0.05) is 29.8 Å². The van der Waals surface area contributed by atoms with Crippen molar-refractivity contribution < 1.29 is 4.79 Å². The van der Waals surface area contributed by atoms with Gasteiger partial charge in [-0.2, -0.15) is 0 Å². The smallest absolute Gasteiger partial charge is 0.264 e. The highest BCUT2D eigenvalue weighted by Crippen LogP contribution is 2.18. The summed E-state index contributed by atoms with van der Waals surface area (Å²) in [6.45, 7) is 3.05. The predicted octanol–water partition coefficient (Wildman–Crippen LogP) is 1.70. The van der Waals surface area contributed by atoms with Crippen LogP contribution in [0.2, 0.25) is 0 Å². The Kier molecular flexibility index (Phi) is 4.76. The van der Waals surface area contributed by atoms with Crippen molar-refractivity contribution in [2.75, 3.05) is 13.1 Å². The van der Waals surface area contributed by atoms with Gasteiger partial charge in [-0.05, 0) is 26.2 Å². The molecule has 1 atom stereocenters. The first-order chi connectivity index (χ1) is 11.6. The van der Waals surface area contributed by atoms with Gasteiger partial charge in [0.05, 0.1) is 0 Å². The number of aromatic nitrogens is 2. The van der Waals surface area contributed by atoms with E-state index >= 15 is 0 Å². The van der Waals surface area contributed by atoms with Gasteiger partial charge in [0.1, 0.15) is 11.4 Å². The summed E-state index contributed by atoms with van der Waals surface area (Å²) in [6, 6.07) is 7.69. The lowest BCUT2D eigenvalue weighted by Gasteiger charge is -2.34. The first-order valence-electron chi connectivity index (χ1n) is 8.27. The molecular weight excluding hydrogens is 304 g/mol. The fourth-order valence-electron chi connectivity index (χ4n) is 3.07. The highest BCUT2D eigenvalue weighted by Gasteiger charge is 2.28. The maximum Gasteiger partial charge on any atom is 0.264 e. The lowest BCUT2D eigenvalue weighted by atomic mass is 10.0. The molecule has 0 radical (unpaired) electrons. The monoisotopic (exact) mass is 326 g/mol. The zero-order chi connectivity index (χ0) is 17.1. The van der Waals surface area contributed by atoms with Crippen LogP contribution < -0.4 is 11.3 Å². The fraction of sp³-hybridized carbons (Fsp3) is 0.389. The second kappa shape index (κ2) is 6.97. The second-order valence-electron chi connectivity index (χ2n) is 6.22. The molecular formula is C18H22N4O2. The summed E-state index contributed by atoms with van der Waals surface area (Å²) in [5.74, 6) is 0.180. The minimum Gasteiger partial charge on any atom is -0.334 e. The third kappa shape index (κ3) is 3.23. The van der Waals surface area contributed by atoms with Crippen molar-refractivity contribution in [3.05, 3.63) is 51.9 Å². The van der Waals surface area contributed by atoms with E-state index < -0.39 is 5.56 Å². The number of piperidine rings is 1. The Morgan fingerprint density at radius 3 is 2.75 bits per heavy atom. The molecule has 1 aromatic heterocycles. The number of carbonyl (C=O) groups excluding carboxylic acids is 1. The van der Waals surface area contributed by atoms with Gasteiger partial charge in [-0.3, -0.25) is 9.59 Å². The van der Waals surface area contributed by atoms with E-state index in [-0.39, 0.29) is 17.5 Å². The van der Waals surface area contributed by atoms with Crippen molar-refractivity contribution in [2.45, 2.75) is 32.2 Å². The minimum atomic E-state index is -0.410. The number of hydrogen-bond donors (Lipinski definition) is 2. The Morgan fingerprint density at radius 2 is 2.08 bits per heavy atom. The van der Waals surface area contributed by atoms with Crippen LogP contribution in [0.5, 0.6) is 0 Å². The molecule has 24 heavy (non-hydrogen) atoms. The summed E-state index contributed by atoms with van der Waals surface area (Å²) in [5.41, 5.74) is 7.37. The Hall–Kier alpha value is -2.47. The average Bonchev–Trinajstić information content (AvgIpc) is 2.61. The summed E-state index contributed by atoms with van der Waals surface area (Å²) in [7, 11) is 0. The number of rotatable bonds is 3. The third-order valence-electron chi connectivity index (χ3n) is 4.51. The molecule has 1 aliphatic rings. The van der Waals surface area contributed by atoms with Gasteiger partial charge in [0.2, 0.25) is 0 Å². The zero-order valence-electron chi connectivity index (χ0n) is 13.8. The number of nitrogens with zero attached hydrogens (tertiary/aromatic N) is 2. The van der Waals surface area contributed by atoms with Crippen LogP contribution in [0.25, 0.3) is 11.4 Å². The Morgan fingerprint density at radius 1 is 1.33 bits per heavy atom. The number of H-pyrrole nitrogens is 1. The summed E-state index contributed by atoms with van der Waals surface area (Å²) in [5, 5.41) is 0. The molecule has 126 valence electrons. The van der Waals surface area contributed by atoms with Gasteiger partial charge in [-0.15, -0.1) is 0 Å². The zero-order valence-corrected chi connectivity index (χ0v) is 13.8. The number of likely N-dealkylation sites (tertiary alicyclic amines) is 1. The topological polar surface area (TPSA) is 92.1 Å². The van der Waals surface area contributed by atoms with E-state index in [1.807, 2.05) is 31.2 Å². The predicted molar refractivity (Wildman–Crippen MR) is 92.8 cm³/mol. The number of hydrogen-bond acceptors (Lipinski definition) is 4. The molecule has 1 saturated heterocycles. The number of nitrogens with one attached hydrogen (secondary N) is 1. The van der Waals surface area contributed by atoms with Crippen molar-refractivity contribution in [3.63, 3.8) is 0 Å². The number of benzene rings is 1. The summed E-state index contributed by atoms with van der Waals surface area (Å²) < 4.78 is 0. The number of aromatic amines is 1. The molecule has 1 amide bonds. The maximum absolute atomic E-state index is 12.7. The summed E-state index contributed by atoms with van der Waals surface area (Å²) in [4.78, 5) is 33.8. The lowest BCUT2D eigenvalue weighted by molar-refractivity contribution is 0.0621. The number of nitrogens with two attached hydrogens (primary N) is 1. The molecule has 1 aromatic carbocycles. The molecule has 1 fully saturated rings. The molecule has 0 unspecified atom stereocenters. The van der Waals surface area contributed by atoms with Crippen molar-refractivity contribution in [3.8, 4) is 11.4 Å². The highest BCUT2D eigenvalue weighted by molar-refractivity contribution is 5.94. The van der Waals surface area contributed by atoms with E-state index in [0.29, 0.717) is 18.9 Å². The normalized spacial score (nSPS) is 17.8. The van der Waals surface area contributed by atoms with Crippen LogP contribution in [0, 0.1) is 6.92 Å². The van der Waals surface area contributed by atoms with E-state index in [1.165, 1.54) is 6.20 Å². The minimum absolute atomic E-state index is 0.00225. The quantitative estimate of drug-likeness (QED) is 0.898. The van der Waals surface area contributed by atoms with E-state index in [4.69, 9.17) is 5.73 Å². The molecule has 2 aromatic rings. The van der Waals surface area contributed by atoms with E-state index in [9.17, 15) is 9.59 Å². The van der Waals surface area contributed by atoms with Crippen molar-refractivity contribution in [1.29, 1.82) is 0 Å². The van der Waals surface area contributed by atoms with Gasteiger partial charge >= 0.3 is 0 Å². The molecule has 3 N–H and O–H groups in total. The first kappa shape index (κ1) is 16.4. The van der Waals surface area contributed by atoms with Crippen LogP contribution in [-0.4, -0.2) is 39.9 Å². The van der Waals surface area contributed by atoms with Crippen molar-refractivity contribution in [1.82, 2.24) is 14.9 Å². The number of amides is 1. The molecule has 0 aliphatic carbocycles.